The minimum atomic E-state index is -1.85. The van der Waals surface area contributed by atoms with Crippen LogP contribution in [-0.4, -0.2) is 14.8 Å². The molecule has 3 nitrogen and oxygen atoms in total. The van der Waals surface area contributed by atoms with Crippen LogP contribution in [0.5, 0.6) is 0 Å². The van der Waals surface area contributed by atoms with Crippen LogP contribution >= 0.6 is 23.2 Å². The Morgan fingerprint density at radius 1 is 0.955 bits per heavy atom. The number of hydrogen-bond acceptors (Lipinski definition) is 2. The number of benzene rings is 2. The van der Waals surface area contributed by atoms with Crippen molar-refractivity contribution in [2.24, 2.45) is 0 Å². The topological polar surface area (TPSA) is 30.7 Å². The highest BCUT2D eigenvalue weighted by Crippen LogP contribution is 2.32. The first-order valence-corrected chi connectivity index (χ1v) is 7.38. The van der Waals surface area contributed by atoms with Gasteiger partial charge in [-0.15, -0.1) is 0 Å². The van der Waals surface area contributed by atoms with Crippen molar-refractivity contribution in [3.05, 3.63) is 82.4 Å². The Labute approximate surface area is 137 Å². The predicted octanol–water partition coefficient (Wildman–Crippen LogP) is 4.50. The zero-order chi connectivity index (χ0) is 15.6. The lowest BCUT2D eigenvalue weighted by Crippen LogP contribution is -2.33. The van der Waals surface area contributed by atoms with Gasteiger partial charge in [0.15, 0.2) is 0 Å². The quantitative estimate of drug-likeness (QED) is 0.702. The Kier molecular flexibility index (Phi) is 4.14. The summed E-state index contributed by atoms with van der Waals surface area (Å²) in [6, 6.07) is 13.7. The molecule has 1 atom stereocenters. The second kappa shape index (κ2) is 6.07. The van der Waals surface area contributed by atoms with Gasteiger partial charge in [-0.3, -0.25) is 0 Å². The molecule has 1 unspecified atom stereocenters. The van der Waals surface area contributed by atoms with Crippen molar-refractivity contribution in [3.63, 3.8) is 0 Å². The second-order valence-electron chi connectivity index (χ2n) is 4.91. The summed E-state index contributed by atoms with van der Waals surface area (Å²) in [5.41, 5.74) is 1.26. The fraction of sp³-hybridized carbons (Fsp3) is 0.125. The predicted molar refractivity (Wildman–Crippen MR) is 84.8 cm³/mol. The van der Waals surface area contributed by atoms with E-state index in [0.717, 1.165) is 5.56 Å². The molecule has 0 aliphatic rings. The first-order chi connectivity index (χ1) is 10.6. The molecule has 0 saturated carbocycles. The molecule has 0 N–H and O–H groups in total. The zero-order valence-electron chi connectivity index (χ0n) is 11.5. The molecule has 0 aliphatic carbocycles. The van der Waals surface area contributed by atoms with Crippen molar-refractivity contribution < 1.29 is 4.39 Å². The molecule has 0 fully saturated rings. The van der Waals surface area contributed by atoms with E-state index in [2.05, 4.69) is 10.1 Å². The number of aromatic nitrogens is 3. The summed E-state index contributed by atoms with van der Waals surface area (Å²) in [6.45, 7) is 0. The number of alkyl halides is 1. The van der Waals surface area contributed by atoms with Gasteiger partial charge in [0.05, 0.1) is 0 Å². The van der Waals surface area contributed by atoms with E-state index in [1.165, 1.54) is 17.3 Å². The van der Waals surface area contributed by atoms with Gasteiger partial charge in [0.1, 0.15) is 12.7 Å². The maximum Gasteiger partial charge on any atom is 0.232 e. The molecular formula is C16H12Cl2FN3. The maximum atomic E-state index is 15.8. The summed E-state index contributed by atoms with van der Waals surface area (Å²) in [5.74, 6) is -1.85. The van der Waals surface area contributed by atoms with Gasteiger partial charge in [-0.05, 0) is 29.8 Å². The smallest absolute Gasteiger partial charge is 0.223 e. The monoisotopic (exact) mass is 335 g/mol. The third-order valence-electron chi connectivity index (χ3n) is 3.42. The summed E-state index contributed by atoms with van der Waals surface area (Å²) < 4.78 is 17.0. The van der Waals surface area contributed by atoms with Crippen molar-refractivity contribution >= 4 is 23.2 Å². The number of halogens is 3. The summed E-state index contributed by atoms with van der Waals surface area (Å²) in [4.78, 5) is 3.85. The van der Waals surface area contributed by atoms with Crippen LogP contribution < -0.4 is 0 Å². The second-order valence-corrected chi connectivity index (χ2v) is 5.78. The minimum absolute atomic E-state index is 0.106. The largest absolute Gasteiger partial charge is 0.232 e. The van der Waals surface area contributed by atoms with Crippen LogP contribution in [0.1, 0.15) is 11.1 Å². The molecular weight excluding hydrogens is 324 g/mol. The number of hydrogen-bond donors (Lipinski definition) is 0. The Morgan fingerprint density at radius 2 is 1.55 bits per heavy atom. The number of nitrogens with zero attached hydrogens (tertiary/aromatic N) is 3. The van der Waals surface area contributed by atoms with E-state index in [4.69, 9.17) is 23.2 Å². The van der Waals surface area contributed by atoms with Crippen LogP contribution in [0.2, 0.25) is 10.0 Å². The highest BCUT2D eigenvalue weighted by Gasteiger charge is 2.35. The average molecular weight is 336 g/mol. The maximum absolute atomic E-state index is 15.8. The van der Waals surface area contributed by atoms with E-state index in [1.54, 1.807) is 48.5 Å². The lowest BCUT2D eigenvalue weighted by atomic mass is 9.96. The molecule has 0 bridgehead atoms. The third kappa shape index (κ3) is 2.98. The van der Waals surface area contributed by atoms with Crippen LogP contribution in [0.25, 0.3) is 0 Å². The summed E-state index contributed by atoms with van der Waals surface area (Å²) in [5, 5.41) is 5.14. The highest BCUT2D eigenvalue weighted by molar-refractivity contribution is 6.30. The lowest BCUT2D eigenvalue weighted by Gasteiger charge is -2.26. The third-order valence-corrected chi connectivity index (χ3v) is 3.92. The Balaban J connectivity index is 2.03. The molecule has 1 aromatic heterocycles. The van der Waals surface area contributed by atoms with Crippen LogP contribution in [0, 0.1) is 0 Å². The molecule has 22 heavy (non-hydrogen) atoms. The van der Waals surface area contributed by atoms with Crippen LogP contribution in [0.3, 0.4) is 0 Å². The summed E-state index contributed by atoms with van der Waals surface area (Å²) in [6.07, 6.45) is 2.78. The molecule has 0 radical (unpaired) electrons. The molecule has 6 heteroatoms. The molecule has 2 aromatic carbocycles. The van der Waals surface area contributed by atoms with Gasteiger partial charge in [-0.25, -0.2) is 14.1 Å². The van der Waals surface area contributed by atoms with Crippen molar-refractivity contribution in [1.82, 2.24) is 14.8 Å². The first kappa shape index (κ1) is 15.0. The van der Waals surface area contributed by atoms with Crippen LogP contribution in [-0.2, 0) is 12.2 Å². The molecule has 1 heterocycles. The molecule has 0 spiro atoms. The van der Waals surface area contributed by atoms with Crippen molar-refractivity contribution in [2.75, 3.05) is 0 Å². The molecule has 0 amide bonds. The molecule has 3 aromatic rings. The highest BCUT2D eigenvalue weighted by atomic mass is 35.5. The van der Waals surface area contributed by atoms with E-state index < -0.39 is 5.79 Å². The van der Waals surface area contributed by atoms with Gasteiger partial charge in [-0.1, -0.05) is 47.5 Å². The molecule has 0 aliphatic heterocycles. The van der Waals surface area contributed by atoms with Gasteiger partial charge in [0.2, 0.25) is 5.79 Å². The minimum Gasteiger partial charge on any atom is -0.223 e. The molecule has 112 valence electrons. The fourth-order valence-electron chi connectivity index (χ4n) is 2.28. The molecule has 3 rings (SSSR count). The Hall–Kier alpha value is -1.91. The van der Waals surface area contributed by atoms with Gasteiger partial charge in [0, 0.05) is 22.0 Å². The average Bonchev–Trinajstić information content (AvgIpc) is 3.05. The number of rotatable bonds is 4. The van der Waals surface area contributed by atoms with Gasteiger partial charge in [-0.2, -0.15) is 5.10 Å². The van der Waals surface area contributed by atoms with Crippen LogP contribution in [0.15, 0.2) is 61.2 Å². The van der Waals surface area contributed by atoms with Crippen LogP contribution in [0.4, 0.5) is 4.39 Å². The normalized spacial score (nSPS) is 13.8. The zero-order valence-corrected chi connectivity index (χ0v) is 13.0. The van der Waals surface area contributed by atoms with E-state index >= 15 is 4.39 Å². The first-order valence-electron chi connectivity index (χ1n) is 6.62. The SMILES string of the molecule is FC(Cc1ccc(Cl)cc1)(c1ccc(Cl)cc1)n1cncn1. The summed E-state index contributed by atoms with van der Waals surface area (Å²) >= 11 is 11.8. The van der Waals surface area contributed by atoms with E-state index in [1.807, 2.05) is 0 Å². The van der Waals surface area contributed by atoms with E-state index in [0.29, 0.717) is 15.6 Å². The summed E-state index contributed by atoms with van der Waals surface area (Å²) in [7, 11) is 0. The van der Waals surface area contributed by atoms with E-state index in [-0.39, 0.29) is 6.42 Å². The Bertz CT molecular complexity index is 742. The van der Waals surface area contributed by atoms with Crippen molar-refractivity contribution in [3.8, 4) is 0 Å². The lowest BCUT2D eigenvalue weighted by molar-refractivity contribution is 0.104. The van der Waals surface area contributed by atoms with Crippen molar-refractivity contribution in [2.45, 2.75) is 12.2 Å². The standard InChI is InChI=1S/C16H12Cl2FN3/c17-14-5-1-12(2-6-14)9-16(19,22-11-20-10-21-22)13-3-7-15(18)8-4-13/h1-8,10-11H,9H2. The van der Waals surface area contributed by atoms with E-state index in [9.17, 15) is 0 Å². The Morgan fingerprint density at radius 3 is 2.09 bits per heavy atom. The van der Waals surface area contributed by atoms with Gasteiger partial charge in [0.25, 0.3) is 0 Å². The fourth-order valence-corrected chi connectivity index (χ4v) is 2.54. The van der Waals surface area contributed by atoms with Crippen molar-refractivity contribution in [1.29, 1.82) is 0 Å². The molecule has 0 saturated heterocycles. The van der Waals surface area contributed by atoms with Gasteiger partial charge >= 0.3 is 0 Å². The van der Waals surface area contributed by atoms with Gasteiger partial charge < -0.3 is 0 Å².